The van der Waals surface area contributed by atoms with Gasteiger partial charge in [0.05, 0.1) is 30.5 Å². The lowest BCUT2D eigenvalue weighted by atomic mass is 9.98. The third-order valence-corrected chi connectivity index (χ3v) is 6.05. The van der Waals surface area contributed by atoms with Crippen molar-refractivity contribution < 1.29 is 4.84 Å². The lowest BCUT2D eigenvalue weighted by Gasteiger charge is -2.36. The summed E-state index contributed by atoms with van der Waals surface area (Å²) in [6.45, 7) is 0. The lowest BCUT2D eigenvalue weighted by Crippen LogP contribution is -2.44. The normalized spacial score (nSPS) is 23.9. The van der Waals surface area contributed by atoms with Crippen molar-refractivity contribution in [3.8, 4) is 22.6 Å². The molecule has 3 aromatic heterocycles. The van der Waals surface area contributed by atoms with Crippen molar-refractivity contribution in [2.45, 2.75) is 43.8 Å². The van der Waals surface area contributed by atoms with Crippen LogP contribution in [0.1, 0.15) is 25.7 Å². The summed E-state index contributed by atoms with van der Waals surface area (Å²) in [6, 6.07) is 5.76. The molecule has 2 saturated heterocycles. The number of anilines is 1. The quantitative estimate of drug-likeness (QED) is 0.704. The highest BCUT2D eigenvalue weighted by molar-refractivity contribution is 5.61. The first-order chi connectivity index (χ1) is 14.2. The zero-order chi connectivity index (χ0) is 19.8. The van der Waals surface area contributed by atoms with E-state index in [-0.39, 0.29) is 0 Å². The van der Waals surface area contributed by atoms with E-state index >= 15 is 0 Å². The van der Waals surface area contributed by atoms with Gasteiger partial charge in [0.15, 0.2) is 0 Å². The first-order valence-corrected chi connectivity index (χ1v) is 9.94. The lowest BCUT2D eigenvalue weighted by molar-refractivity contribution is 0.134. The van der Waals surface area contributed by atoms with Crippen LogP contribution in [0.4, 0.5) is 5.82 Å². The highest BCUT2D eigenvalue weighted by Gasteiger charge is 2.38. The van der Waals surface area contributed by atoms with E-state index in [1.165, 1.54) is 30.5 Å². The van der Waals surface area contributed by atoms with Gasteiger partial charge in [-0.2, -0.15) is 0 Å². The Kier molecular flexibility index (Phi) is 4.59. The molecule has 29 heavy (non-hydrogen) atoms. The standard InChI is InChI=1S/C20H24N8O/c1-27-15-3-4-16(27)8-14(7-15)23-20-6-5-17(25-26-20)19-11-21-10-18(24-19)13-9-22-28(12-13)29-2/h5-6,9-12,14-16H,3-4,7-8H2,1-2H3,(H,23,26). The minimum absolute atomic E-state index is 0.462. The third-order valence-electron chi connectivity index (χ3n) is 6.05. The fourth-order valence-corrected chi connectivity index (χ4v) is 4.45. The summed E-state index contributed by atoms with van der Waals surface area (Å²) in [5.74, 6) is 0.813. The molecule has 0 aliphatic carbocycles. The van der Waals surface area contributed by atoms with E-state index in [4.69, 9.17) is 4.84 Å². The number of aromatic nitrogens is 6. The summed E-state index contributed by atoms with van der Waals surface area (Å²) in [5.41, 5.74) is 2.89. The van der Waals surface area contributed by atoms with Gasteiger partial charge in [-0.25, -0.2) is 4.98 Å². The maximum atomic E-state index is 5.06. The van der Waals surface area contributed by atoms with Crippen LogP contribution in [0.2, 0.25) is 0 Å². The maximum absolute atomic E-state index is 5.06. The van der Waals surface area contributed by atoms with Crippen LogP contribution in [0, 0.1) is 0 Å². The first kappa shape index (κ1) is 18.0. The van der Waals surface area contributed by atoms with Gasteiger partial charge in [0, 0.05) is 23.7 Å². The number of rotatable bonds is 5. The Morgan fingerprint density at radius 1 is 1.00 bits per heavy atom. The molecule has 0 radical (unpaired) electrons. The Hall–Kier alpha value is -3.07. The number of fused-ring (bicyclic) bond motifs is 2. The van der Waals surface area contributed by atoms with Gasteiger partial charge < -0.3 is 15.1 Å². The van der Waals surface area contributed by atoms with E-state index in [9.17, 15) is 0 Å². The van der Waals surface area contributed by atoms with E-state index in [0.29, 0.717) is 35.2 Å². The smallest absolute Gasteiger partial charge is 0.148 e. The second kappa shape index (κ2) is 7.40. The molecule has 3 aromatic rings. The van der Waals surface area contributed by atoms with Crippen LogP contribution < -0.4 is 10.2 Å². The minimum atomic E-state index is 0.462. The summed E-state index contributed by atoms with van der Waals surface area (Å²) >= 11 is 0. The summed E-state index contributed by atoms with van der Waals surface area (Å²) in [5, 5.41) is 16.4. The van der Waals surface area contributed by atoms with E-state index in [1.807, 2.05) is 12.1 Å². The Morgan fingerprint density at radius 2 is 1.79 bits per heavy atom. The molecule has 5 rings (SSSR count). The summed E-state index contributed by atoms with van der Waals surface area (Å²) < 4.78 is 0. The average molecular weight is 392 g/mol. The van der Waals surface area contributed by atoms with Gasteiger partial charge in [0.2, 0.25) is 0 Å². The number of hydrogen-bond donors (Lipinski definition) is 1. The number of nitrogens with one attached hydrogen (secondary N) is 1. The van der Waals surface area contributed by atoms with Gasteiger partial charge in [-0.1, -0.05) is 0 Å². The number of piperidine rings is 1. The van der Waals surface area contributed by atoms with Crippen molar-refractivity contribution in [2.75, 3.05) is 19.5 Å². The molecule has 1 N–H and O–H groups in total. The van der Waals surface area contributed by atoms with Crippen molar-refractivity contribution in [3.05, 3.63) is 36.9 Å². The molecule has 5 heterocycles. The molecule has 2 aliphatic rings. The van der Waals surface area contributed by atoms with Gasteiger partial charge >= 0.3 is 0 Å². The van der Waals surface area contributed by atoms with E-state index in [1.54, 1.807) is 31.9 Å². The first-order valence-electron chi connectivity index (χ1n) is 9.94. The van der Waals surface area contributed by atoms with Crippen LogP contribution in [0.3, 0.4) is 0 Å². The summed E-state index contributed by atoms with van der Waals surface area (Å²) in [6.07, 6.45) is 11.8. The monoisotopic (exact) mass is 392 g/mol. The molecule has 2 bridgehead atoms. The second-order valence-corrected chi connectivity index (χ2v) is 7.77. The van der Waals surface area contributed by atoms with Gasteiger partial charge in [-0.15, -0.1) is 20.1 Å². The molecule has 9 nitrogen and oxygen atoms in total. The molecule has 2 aliphatic heterocycles. The Bertz CT molecular complexity index is 974. The van der Waals surface area contributed by atoms with E-state index in [2.05, 4.69) is 42.5 Å². The molecule has 2 fully saturated rings. The Labute approximate surface area is 169 Å². The summed E-state index contributed by atoms with van der Waals surface area (Å²) in [7, 11) is 3.81. The highest BCUT2D eigenvalue weighted by Crippen LogP contribution is 2.35. The van der Waals surface area contributed by atoms with Crippen LogP contribution in [0.15, 0.2) is 36.9 Å². The predicted molar refractivity (Wildman–Crippen MR) is 108 cm³/mol. The molecule has 0 amide bonds. The van der Waals surface area contributed by atoms with Crippen LogP contribution in [0.25, 0.3) is 22.6 Å². The largest absolute Gasteiger partial charge is 0.400 e. The maximum Gasteiger partial charge on any atom is 0.148 e. The van der Waals surface area contributed by atoms with Gasteiger partial charge in [0.25, 0.3) is 0 Å². The fraction of sp³-hybridized carbons (Fsp3) is 0.450. The zero-order valence-electron chi connectivity index (χ0n) is 16.6. The molecule has 0 saturated carbocycles. The van der Waals surface area contributed by atoms with Crippen molar-refractivity contribution in [2.24, 2.45) is 0 Å². The molecule has 150 valence electrons. The van der Waals surface area contributed by atoms with Gasteiger partial charge in [-0.3, -0.25) is 4.98 Å². The molecule has 9 heteroatoms. The van der Waals surface area contributed by atoms with E-state index in [0.717, 1.165) is 11.4 Å². The fourth-order valence-electron chi connectivity index (χ4n) is 4.45. The minimum Gasteiger partial charge on any atom is -0.400 e. The Balaban J connectivity index is 1.30. The van der Waals surface area contributed by atoms with Crippen molar-refractivity contribution in [1.29, 1.82) is 0 Å². The van der Waals surface area contributed by atoms with Gasteiger partial charge in [-0.05, 0) is 44.9 Å². The van der Waals surface area contributed by atoms with Crippen LogP contribution >= 0.6 is 0 Å². The topological polar surface area (TPSA) is 93.9 Å². The molecule has 2 unspecified atom stereocenters. The van der Waals surface area contributed by atoms with Gasteiger partial charge in [0.1, 0.15) is 24.3 Å². The highest BCUT2D eigenvalue weighted by atomic mass is 16.7. The predicted octanol–water partition coefficient (Wildman–Crippen LogP) is 1.89. The zero-order valence-corrected chi connectivity index (χ0v) is 16.6. The van der Waals surface area contributed by atoms with Crippen LogP contribution in [0.5, 0.6) is 0 Å². The molecular formula is C20H24N8O. The average Bonchev–Trinajstić information content (AvgIpc) is 3.30. The summed E-state index contributed by atoms with van der Waals surface area (Å²) in [4.78, 5) is 17.9. The molecule has 0 aromatic carbocycles. The number of nitrogens with zero attached hydrogens (tertiary/aromatic N) is 7. The SMILES string of the molecule is COn1cc(-c2cncc(-c3ccc(NC4CC5CCC(C4)N5C)nn3)n2)cn1. The van der Waals surface area contributed by atoms with E-state index < -0.39 is 0 Å². The van der Waals surface area contributed by atoms with Crippen LogP contribution in [-0.2, 0) is 0 Å². The molecule has 0 spiro atoms. The van der Waals surface area contributed by atoms with Crippen molar-refractivity contribution >= 4 is 5.82 Å². The Morgan fingerprint density at radius 3 is 2.48 bits per heavy atom. The molecule has 2 atom stereocenters. The van der Waals surface area contributed by atoms with Crippen molar-refractivity contribution in [3.63, 3.8) is 0 Å². The third kappa shape index (κ3) is 3.53. The van der Waals surface area contributed by atoms with Crippen molar-refractivity contribution in [1.82, 2.24) is 35.0 Å². The van der Waals surface area contributed by atoms with Crippen LogP contribution in [-0.4, -0.2) is 67.3 Å². The number of hydrogen-bond acceptors (Lipinski definition) is 8. The molecular weight excluding hydrogens is 368 g/mol. The second-order valence-electron chi connectivity index (χ2n) is 7.77.